The molecule has 1 amide bonds. The molecule has 1 aromatic carbocycles. The average Bonchev–Trinajstić information content (AvgIpc) is 2.36. The maximum absolute atomic E-state index is 12.2. The van der Waals surface area contributed by atoms with Crippen molar-refractivity contribution < 1.29 is 14.7 Å². The second kappa shape index (κ2) is 7.87. The van der Waals surface area contributed by atoms with E-state index < -0.39 is 5.97 Å². The third-order valence-corrected chi connectivity index (χ3v) is 3.02. The molecule has 0 spiro atoms. The Balaban J connectivity index is 2.66. The monoisotopic (exact) mass is 298 g/mol. The first-order valence-corrected chi connectivity index (χ1v) is 6.65. The minimum Gasteiger partial charge on any atom is -0.480 e. The third-order valence-electron chi connectivity index (χ3n) is 2.76. The van der Waals surface area contributed by atoms with Crippen molar-refractivity contribution in [3.05, 3.63) is 34.9 Å². The normalized spacial score (nSPS) is 10.6. The molecule has 6 heteroatoms. The Morgan fingerprint density at radius 1 is 1.15 bits per heavy atom. The van der Waals surface area contributed by atoms with E-state index in [1.807, 2.05) is 19.0 Å². The standard InChI is InChI=1S/C14H19ClN2O3/c1-16(2)7-8-17(10-14(19)20)13(18)9-11-3-5-12(15)6-4-11/h3-6H,7-10H2,1-2H3,(H,19,20). The lowest BCUT2D eigenvalue weighted by molar-refractivity contribution is -0.144. The third kappa shape index (κ3) is 6.04. The molecule has 1 N–H and O–H groups in total. The van der Waals surface area contributed by atoms with Gasteiger partial charge in [0.25, 0.3) is 0 Å². The van der Waals surface area contributed by atoms with Gasteiger partial charge in [-0.15, -0.1) is 0 Å². The van der Waals surface area contributed by atoms with Crippen molar-refractivity contribution >= 4 is 23.5 Å². The number of aliphatic carboxylic acids is 1. The molecule has 1 aromatic rings. The number of nitrogens with zero attached hydrogens (tertiary/aromatic N) is 2. The molecule has 1 rings (SSSR count). The first kappa shape index (κ1) is 16.5. The summed E-state index contributed by atoms with van der Waals surface area (Å²) in [5.41, 5.74) is 0.819. The van der Waals surface area contributed by atoms with Crippen molar-refractivity contribution in [2.24, 2.45) is 0 Å². The van der Waals surface area contributed by atoms with Crippen LogP contribution in [0.25, 0.3) is 0 Å². The number of carboxylic acid groups (broad SMARTS) is 1. The first-order chi connectivity index (χ1) is 9.38. The average molecular weight is 299 g/mol. The number of rotatable bonds is 7. The predicted octanol–water partition coefficient (Wildman–Crippen LogP) is 1.36. The summed E-state index contributed by atoms with van der Waals surface area (Å²) in [6.07, 6.45) is 0.178. The first-order valence-electron chi connectivity index (χ1n) is 6.27. The van der Waals surface area contributed by atoms with Gasteiger partial charge in [-0.1, -0.05) is 23.7 Å². The molecular formula is C14H19ClN2O3. The molecule has 0 aliphatic rings. The number of hydrogen-bond acceptors (Lipinski definition) is 3. The number of benzene rings is 1. The molecule has 0 bridgehead atoms. The summed E-state index contributed by atoms with van der Waals surface area (Å²) in [5, 5.41) is 9.48. The fourth-order valence-corrected chi connectivity index (χ4v) is 1.79. The van der Waals surface area contributed by atoms with E-state index in [9.17, 15) is 9.59 Å². The van der Waals surface area contributed by atoms with Crippen molar-refractivity contribution in [2.75, 3.05) is 33.7 Å². The maximum Gasteiger partial charge on any atom is 0.323 e. The van der Waals surface area contributed by atoms with E-state index in [0.29, 0.717) is 18.1 Å². The van der Waals surface area contributed by atoms with Gasteiger partial charge in [0.1, 0.15) is 6.54 Å². The molecule has 0 aliphatic heterocycles. The van der Waals surface area contributed by atoms with E-state index in [2.05, 4.69) is 0 Å². The molecular weight excluding hydrogens is 280 g/mol. The van der Waals surface area contributed by atoms with Crippen LogP contribution in [0.15, 0.2) is 24.3 Å². The number of hydrogen-bond donors (Lipinski definition) is 1. The van der Waals surface area contributed by atoms with Gasteiger partial charge in [0.15, 0.2) is 0 Å². The van der Waals surface area contributed by atoms with Gasteiger partial charge in [-0.3, -0.25) is 9.59 Å². The van der Waals surface area contributed by atoms with Gasteiger partial charge in [-0.25, -0.2) is 0 Å². The van der Waals surface area contributed by atoms with Crippen LogP contribution in [0.3, 0.4) is 0 Å². The molecule has 0 radical (unpaired) electrons. The van der Waals surface area contributed by atoms with E-state index in [-0.39, 0.29) is 18.9 Å². The molecule has 5 nitrogen and oxygen atoms in total. The Bertz CT molecular complexity index is 460. The second-order valence-electron chi connectivity index (χ2n) is 4.82. The van der Waals surface area contributed by atoms with Crippen LogP contribution in [0.5, 0.6) is 0 Å². The van der Waals surface area contributed by atoms with Crippen LogP contribution in [0.1, 0.15) is 5.56 Å². The highest BCUT2D eigenvalue weighted by Crippen LogP contribution is 2.10. The lowest BCUT2D eigenvalue weighted by Gasteiger charge is -2.22. The number of halogens is 1. The highest BCUT2D eigenvalue weighted by atomic mass is 35.5. The van der Waals surface area contributed by atoms with E-state index in [4.69, 9.17) is 16.7 Å². The molecule has 0 unspecified atom stereocenters. The number of carboxylic acids is 1. The van der Waals surface area contributed by atoms with Gasteiger partial charge in [0, 0.05) is 18.1 Å². The zero-order valence-corrected chi connectivity index (χ0v) is 12.4. The highest BCUT2D eigenvalue weighted by Gasteiger charge is 2.17. The van der Waals surface area contributed by atoms with Crippen LogP contribution < -0.4 is 0 Å². The van der Waals surface area contributed by atoms with Crippen molar-refractivity contribution in [3.63, 3.8) is 0 Å². The van der Waals surface area contributed by atoms with Crippen LogP contribution in [0.4, 0.5) is 0 Å². The largest absolute Gasteiger partial charge is 0.480 e. The van der Waals surface area contributed by atoms with E-state index in [1.54, 1.807) is 24.3 Å². The number of carbonyl (C=O) groups is 2. The molecule has 0 aliphatic carbocycles. The Morgan fingerprint density at radius 2 is 1.75 bits per heavy atom. The van der Waals surface area contributed by atoms with Gasteiger partial charge in [0.05, 0.1) is 6.42 Å². The minimum atomic E-state index is -1.01. The van der Waals surface area contributed by atoms with Crippen LogP contribution in [0, 0.1) is 0 Å². The summed E-state index contributed by atoms with van der Waals surface area (Å²) in [5.74, 6) is -1.20. The SMILES string of the molecule is CN(C)CCN(CC(=O)O)C(=O)Cc1ccc(Cl)cc1. The summed E-state index contributed by atoms with van der Waals surface area (Å²) < 4.78 is 0. The number of carbonyl (C=O) groups excluding carboxylic acids is 1. The molecule has 0 saturated heterocycles. The highest BCUT2D eigenvalue weighted by molar-refractivity contribution is 6.30. The molecule has 0 saturated carbocycles. The van der Waals surface area contributed by atoms with E-state index >= 15 is 0 Å². The lowest BCUT2D eigenvalue weighted by atomic mass is 10.1. The molecule has 110 valence electrons. The Hall–Kier alpha value is -1.59. The van der Waals surface area contributed by atoms with Gasteiger partial charge in [-0.05, 0) is 31.8 Å². The van der Waals surface area contributed by atoms with Crippen LogP contribution in [0.2, 0.25) is 5.02 Å². The summed E-state index contributed by atoms with van der Waals surface area (Å²) in [6, 6.07) is 6.97. The summed E-state index contributed by atoms with van der Waals surface area (Å²) >= 11 is 5.79. The molecule has 0 fully saturated rings. The van der Waals surface area contributed by atoms with Crippen LogP contribution >= 0.6 is 11.6 Å². The maximum atomic E-state index is 12.2. The summed E-state index contributed by atoms with van der Waals surface area (Å²) in [6.45, 7) is 0.742. The number of likely N-dealkylation sites (N-methyl/N-ethyl adjacent to an activating group) is 1. The van der Waals surface area contributed by atoms with E-state index in [0.717, 1.165) is 5.56 Å². The van der Waals surface area contributed by atoms with Crippen molar-refractivity contribution in [3.8, 4) is 0 Å². The minimum absolute atomic E-state index is 0.178. The Morgan fingerprint density at radius 3 is 2.25 bits per heavy atom. The zero-order valence-electron chi connectivity index (χ0n) is 11.7. The lowest BCUT2D eigenvalue weighted by Crippen LogP contribution is -2.40. The number of amides is 1. The van der Waals surface area contributed by atoms with Crippen molar-refractivity contribution in [1.29, 1.82) is 0 Å². The Labute approximate surface area is 123 Å². The van der Waals surface area contributed by atoms with Gasteiger partial charge >= 0.3 is 5.97 Å². The second-order valence-corrected chi connectivity index (χ2v) is 5.25. The Kier molecular flexibility index (Phi) is 6.48. The van der Waals surface area contributed by atoms with Gasteiger partial charge < -0.3 is 14.9 Å². The quantitative estimate of drug-likeness (QED) is 0.825. The summed E-state index contributed by atoms with van der Waals surface area (Å²) in [4.78, 5) is 26.3. The van der Waals surface area contributed by atoms with Gasteiger partial charge in [0.2, 0.25) is 5.91 Å². The summed E-state index contributed by atoms with van der Waals surface area (Å²) in [7, 11) is 3.76. The predicted molar refractivity (Wildman–Crippen MR) is 77.9 cm³/mol. The molecule has 0 atom stereocenters. The topological polar surface area (TPSA) is 60.9 Å². The fourth-order valence-electron chi connectivity index (χ4n) is 1.66. The zero-order chi connectivity index (χ0) is 15.1. The van der Waals surface area contributed by atoms with Crippen molar-refractivity contribution in [2.45, 2.75) is 6.42 Å². The van der Waals surface area contributed by atoms with E-state index in [1.165, 1.54) is 4.90 Å². The van der Waals surface area contributed by atoms with Crippen LogP contribution in [-0.2, 0) is 16.0 Å². The molecule has 0 heterocycles. The molecule has 20 heavy (non-hydrogen) atoms. The smallest absolute Gasteiger partial charge is 0.323 e. The van der Waals surface area contributed by atoms with Crippen molar-refractivity contribution in [1.82, 2.24) is 9.80 Å². The van der Waals surface area contributed by atoms with Gasteiger partial charge in [-0.2, -0.15) is 0 Å². The molecule has 0 aromatic heterocycles. The van der Waals surface area contributed by atoms with Crippen LogP contribution in [-0.4, -0.2) is 60.5 Å². The fraction of sp³-hybridized carbons (Fsp3) is 0.429.